The van der Waals surface area contributed by atoms with Crippen molar-refractivity contribution in [3.63, 3.8) is 0 Å². The molecule has 0 bridgehead atoms. The fourth-order valence-electron chi connectivity index (χ4n) is 2.97. The van der Waals surface area contributed by atoms with Gasteiger partial charge in [-0.1, -0.05) is 20.8 Å². The summed E-state index contributed by atoms with van der Waals surface area (Å²) in [5.74, 6) is 1.42. The van der Waals surface area contributed by atoms with E-state index in [9.17, 15) is 4.79 Å². The van der Waals surface area contributed by atoms with Gasteiger partial charge in [-0.25, -0.2) is 4.98 Å². The summed E-state index contributed by atoms with van der Waals surface area (Å²) in [5.41, 5.74) is 1.00. The Labute approximate surface area is 154 Å². The molecular weight excluding hydrogens is 342 g/mol. The van der Waals surface area contributed by atoms with Gasteiger partial charge in [0.2, 0.25) is 11.8 Å². The number of nitrogens with zero attached hydrogens (tertiary/aromatic N) is 3. The van der Waals surface area contributed by atoms with Gasteiger partial charge < -0.3 is 15.1 Å². The van der Waals surface area contributed by atoms with Gasteiger partial charge in [-0.3, -0.25) is 9.48 Å². The first-order valence-corrected chi connectivity index (χ1v) is 8.27. The van der Waals surface area contributed by atoms with E-state index < -0.39 is 0 Å². The van der Waals surface area contributed by atoms with E-state index in [4.69, 9.17) is 4.42 Å². The van der Waals surface area contributed by atoms with Crippen LogP contribution < -0.4 is 10.6 Å². The van der Waals surface area contributed by atoms with Crippen LogP contribution in [-0.2, 0) is 23.8 Å². The maximum absolute atomic E-state index is 12.6. The third-order valence-electron chi connectivity index (χ3n) is 4.41. The normalized spacial score (nSPS) is 20.3. The number of hydrogen-bond donors (Lipinski definition) is 2. The molecule has 3 heterocycles. The maximum atomic E-state index is 12.6. The lowest BCUT2D eigenvalue weighted by Gasteiger charge is -2.16. The number of hydrogen-bond acceptors (Lipinski definition) is 5. The minimum atomic E-state index is -0.105. The Morgan fingerprint density at radius 2 is 2.16 bits per heavy atom. The Kier molecular flexibility index (Phi) is 5.90. The molecule has 3 rings (SSSR count). The summed E-state index contributed by atoms with van der Waals surface area (Å²) in [7, 11) is 1.89. The summed E-state index contributed by atoms with van der Waals surface area (Å²) in [4.78, 5) is 16.8. The zero-order chi connectivity index (χ0) is 17.3. The van der Waals surface area contributed by atoms with E-state index in [1.165, 1.54) is 0 Å². The molecule has 0 aliphatic carbocycles. The van der Waals surface area contributed by atoms with Crippen LogP contribution in [0.5, 0.6) is 0 Å². The number of amides is 1. The molecule has 25 heavy (non-hydrogen) atoms. The molecule has 2 aromatic rings. The molecule has 0 radical (unpaired) electrons. The van der Waals surface area contributed by atoms with Crippen LogP contribution >= 0.6 is 12.4 Å². The van der Waals surface area contributed by atoms with Crippen LogP contribution in [0, 0.1) is 5.92 Å². The Hall–Kier alpha value is -1.86. The van der Waals surface area contributed by atoms with Gasteiger partial charge in [0, 0.05) is 37.7 Å². The molecule has 0 saturated carbocycles. The van der Waals surface area contributed by atoms with Crippen molar-refractivity contribution in [2.75, 3.05) is 13.1 Å². The lowest BCUT2D eigenvalue weighted by Crippen LogP contribution is -2.34. The average molecular weight is 368 g/mol. The first-order chi connectivity index (χ1) is 11.3. The summed E-state index contributed by atoms with van der Waals surface area (Å²) in [6, 6.07) is 0. The number of carbonyl (C=O) groups is 1. The molecule has 1 saturated heterocycles. The third kappa shape index (κ3) is 4.41. The first kappa shape index (κ1) is 19.5. The standard InChI is InChI=1S/C17H25N5O2.ClH/c1-17(2,3)14-8-19-15(24-14)9-20-16(23)13-7-18-6-12(13)11-5-21-22(4)10-11;/h5,8,10,12-13,18H,6-7,9H2,1-4H3,(H,20,23);1H/t12-,13+;/m1./s1. The smallest absolute Gasteiger partial charge is 0.225 e. The molecular formula is C17H26ClN5O2. The molecule has 138 valence electrons. The predicted octanol–water partition coefficient (Wildman–Crippen LogP) is 1.75. The number of oxazole rings is 1. The van der Waals surface area contributed by atoms with Gasteiger partial charge in [0.1, 0.15) is 5.76 Å². The van der Waals surface area contributed by atoms with Gasteiger partial charge in [0.15, 0.2) is 0 Å². The van der Waals surface area contributed by atoms with Crippen LogP contribution in [0.3, 0.4) is 0 Å². The third-order valence-corrected chi connectivity index (χ3v) is 4.41. The minimum absolute atomic E-state index is 0. The molecule has 0 aromatic carbocycles. The van der Waals surface area contributed by atoms with Crippen molar-refractivity contribution in [3.8, 4) is 0 Å². The van der Waals surface area contributed by atoms with Crippen LogP contribution in [0.1, 0.15) is 43.9 Å². The van der Waals surface area contributed by atoms with Crippen molar-refractivity contribution >= 4 is 18.3 Å². The molecule has 0 unspecified atom stereocenters. The van der Waals surface area contributed by atoms with Crippen molar-refractivity contribution in [2.45, 2.75) is 38.6 Å². The molecule has 7 nitrogen and oxygen atoms in total. The van der Waals surface area contributed by atoms with Crippen molar-refractivity contribution < 1.29 is 9.21 Å². The zero-order valence-electron chi connectivity index (χ0n) is 15.1. The average Bonchev–Trinajstić information content (AvgIpc) is 3.23. The molecule has 2 atom stereocenters. The number of carbonyl (C=O) groups excluding carboxylic acids is 1. The quantitative estimate of drug-likeness (QED) is 0.859. The number of aryl methyl sites for hydroxylation is 1. The highest BCUT2D eigenvalue weighted by Gasteiger charge is 2.34. The zero-order valence-corrected chi connectivity index (χ0v) is 15.9. The van der Waals surface area contributed by atoms with E-state index in [0.717, 1.165) is 17.9 Å². The number of rotatable bonds is 4. The largest absolute Gasteiger partial charge is 0.443 e. The van der Waals surface area contributed by atoms with Gasteiger partial charge >= 0.3 is 0 Å². The molecule has 1 amide bonds. The van der Waals surface area contributed by atoms with Gasteiger partial charge in [-0.05, 0) is 5.56 Å². The Morgan fingerprint density at radius 1 is 1.40 bits per heavy atom. The van der Waals surface area contributed by atoms with Crippen LogP contribution in [0.25, 0.3) is 0 Å². The van der Waals surface area contributed by atoms with E-state index in [1.54, 1.807) is 10.9 Å². The summed E-state index contributed by atoms with van der Waals surface area (Å²) in [5, 5.41) is 10.5. The topological polar surface area (TPSA) is 85.0 Å². The lowest BCUT2D eigenvalue weighted by atomic mass is 9.90. The van der Waals surface area contributed by atoms with E-state index in [2.05, 4.69) is 41.5 Å². The van der Waals surface area contributed by atoms with Crippen molar-refractivity contribution in [3.05, 3.63) is 35.8 Å². The maximum Gasteiger partial charge on any atom is 0.225 e. The fraction of sp³-hybridized carbons (Fsp3) is 0.588. The molecule has 1 aliphatic rings. The van der Waals surface area contributed by atoms with Crippen molar-refractivity contribution in [1.82, 2.24) is 25.4 Å². The molecule has 1 aliphatic heterocycles. The van der Waals surface area contributed by atoms with E-state index in [0.29, 0.717) is 19.0 Å². The van der Waals surface area contributed by atoms with Crippen LogP contribution in [0.2, 0.25) is 0 Å². The second-order valence-corrected chi connectivity index (χ2v) is 7.40. The van der Waals surface area contributed by atoms with Gasteiger partial charge in [-0.2, -0.15) is 5.10 Å². The summed E-state index contributed by atoms with van der Waals surface area (Å²) < 4.78 is 7.49. The number of nitrogens with one attached hydrogen (secondary N) is 2. The molecule has 2 N–H and O–H groups in total. The lowest BCUT2D eigenvalue weighted by molar-refractivity contribution is -0.125. The Morgan fingerprint density at radius 3 is 2.76 bits per heavy atom. The molecule has 0 spiro atoms. The van der Waals surface area contributed by atoms with E-state index in [-0.39, 0.29) is 35.6 Å². The van der Waals surface area contributed by atoms with Crippen LogP contribution in [-0.4, -0.2) is 33.8 Å². The fourth-order valence-corrected chi connectivity index (χ4v) is 2.97. The Bertz CT molecular complexity index is 719. The summed E-state index contributed by atoms with van der Waals surface area (Å²) >= 11 is 0. The number of halogens is 1. The first-order valence-electron chi connectivity index (χ1n) is 8.27. The van der Waals surface area contributed by atoms with Crippen molar-refractivity contribution in [1.29, 1.82) is 0 Å². The summed E-state index contributed by atoms with van der Waals surface area (Å²) in [6.07, 6.45) is 5.54. The van der Waals surface area contributed by atoms with E-state index >= 15 is 0 Å². The monoisotopic (exact) mass is 367 g/mol. The predicted molar refractivity (Wildman–Crippen MR) is 96.6 cm³/mol. The van der Waals surface area contributed by atoms with Gasteiger partial charge in [-0.15, -0.1) is 12.4 Å². The molecule has 8 heteroatoms. The van der Waals surface area contributed by atoms with Crippen LogP contribution in [0.4, 0.5) is 0 Å². The van der Waals surface area contributed by atoms with E-state index in [1.807, 2.05) is 19.4 Å². The SMILES string of the molecule is Cl.Cn1cc([C@H]2CNC[C@@H]2C(=O)NCc2ncc(C(C)(C)C)o2)cn1. The highest BCUT2D eigenvalue weighted by atomic mass is 35.5. The molecule has 1 fully saturated rings. The van der Waals surface area contributed by atoms with Gasteiger partial charge in [0.25, 0.3) is 0 Å². The summed E-state index contributed by atoms with van der Waals surface area (Å²) in [6.45, 7) is 7.97. The number of aromatic nitrogens is 3. The second kappa shape index (κ2) is 7.58. The van der Waals surface area contributed by atoms with Gasteiger partial charge in [0.05, 0.1) is 24.9 Å². The van der Waals surface area contributed by atoms with Crippen molar-refractivity contribution in [2.24, 2.45) is 13.0 Å². The van der Waals surface area contributed by atoms with Crippen LogP contribution in [0.15, 0.2) is 23.0 Å². The highest BCUT2D eigenvalue weighted by Crippen LogP contribution is 2.28. The highest BCUT2D eigenvalue weighted by molar-refractivity contribution is 5.85. The second-order valence-electron chi connectivity index (χ2n) is 7.40. The Balaban J connectivity index is 0.00000225. The minimum Gasteiger partial charge on any atom is -0.443 e. The molecule has 2 aromatic heterocycles.